The summed E-state index contributed by atoms with van der Waals surface area (Å²) in [6.45, 7) is 5.23. The fourth-order valence-electron chi connectivity index (χ4n) is 2.40. The molecule has 1 fully saturated rings. The van der Waals surface area contributed by atoms with Crippen molar-refractivity contribution in [1.82, 2.24) is 5.32 Å². The number of hydrogen-bond acceptors (Lipinski definition) is 2. The molecule has 0 bridgehead atoms. The van der Waals surface area contributed by atoms with Crippen molar-refractivity contribution in [3.63, 3.8) is 0 Å². The second kappa shape index (κ2) is 5.46. The zero-order valence-corrected chi connectivity index (χ0v) is 10.1. The molecule has 16 heavy (non-hydrogen) atoms. The SMILES string of the molecule is CCC1OCC(Cc2ccccc2)NC1C. The second-order valence-electron chi connectivity index (χ2n) is 4.62. The molecule has 0 amide bonds. The highest BCUT2D eigenvalue weighted by Crippen LogP contribution is 2.14. The smallest absolute Gasteiger partial charge is 0.0723 e. The van der Waals surface area contributed by atoms with Crippen molar-refractivity contribution in [1.29, 1.82) is 0 Å². The van der Waals surface area contributed by atoms with Crippen LogP contribution in [0.5, 0.6) is 0 Å². The summed E-state index contributed by atoms with van der Waals surface area (Å²) < 4.78 is 5.86. The van der Waals surface area contributed by atoms with Crippen LogP contribution in [-0.2, 0) is 11.2 Å². The largest absolute Gasteiger partial charge is 0.375 e. The number of benzene rings is 1. The van der Waals surface area contributed by atoms with Crippen molar-refractivity contribution in [3.8, 4) is 0 Å². The first-order valence-corrected chi connectivity index (χ1v) is 6.21. The van der Waals surface area contributed by atoms with Gasteiger partial charge >= 0.3 is 0 Å². The van der Waals surface area contributed by atoms with Gasteiger partial charge in [0, 0.05) is 12.1 Å². The van der Waals surface area contributed by atoms with E-state index in [1.807, 2.05) is 0 Å². The molecule has 1 aromatic rings. The van der Waals surface area contributed by atoms with Crippen LogP contribution < -0.4 is 5.32 Å². The molecule has 0 aliphatic carbocycles. The van der Waals surface area contributed by atoms with Gasteiger partial charge < -0.3 is 10.1 Å². The first-order valence-electron chi connectivity index (χ1n) is 6.21. The van der Waals surface area contributed by atoms with E-state index in [4.69, 9.17) is 4.74 Å². The summed E-state index contributed by atoms with van der Waals surface area (Å²) in [7, 11) is 0. The lowest BCUT2D eigenvalue weighted by atomic mass is 10.0. The average molecular weight is 219 g/mol. The maximum atomic E-state index is 5.86. The predicted molar refractivity (Wildman–Crippen MR) is 66.6 cm³/mol. The number of nitrogens with one attached hydrogen (secondary N) is 1. The molecule has 1 saturated heterocycles. The molecule has 0 spiro atoms. The lowest BCUT2D eigenvalue weighted by Gasteiger charge is -2.35. The minimum Gasteiger partial charge on any atom is -0.375 e. The third-order valence-electron chi connectivity index (χ3n) is 3.30. The molecule has 3 atom stereocenters. The Labute approximate surface area is 98.0 Å². The van der Waals surface area contributed by atoms with E-state index in [2.05, 4.69) is 49.5 Å². The molecule has 2 heteroatoms. The van der Waals surface area contributed by atoms with Gasteiger partial charge in [0.25, 0.3) is 0 Å². The van der Waals surface area contributed by atoms with Crippen molar-refractivity contribution in [2.24, 2.45) is 0 Å². The maximum absolute atomic E-state index is 5.86. The molecule has 0 saturated carbocycles. The summed E-state index contributed by atoms with van der Waals surface area (Å²) in [4.78, 5) is 0. The van der Waals surface area contributed by atoms with Crippen LogP contribution in [0.1, 0.15) is 25.8 Å². The number of rotatable bonds is 3. The third-order valence-corrected chi connectivity index (χ3v) is 3.30. The molecular formula is C14H21NO. The van der Waals surface area contributed by atoms with Crippen molar-refractivity contribution in [2.75, 3.05) is 6.61 Å². The lowest BCUT2D eigenvalue weighted by molar-refractivity contribution is -0.0241. The molecule has 1 aromatic carbocycles. The highest BCUT2D eigenvalue weighted by Gasteiger charge is 2.25. The van der Waals surface area contributed by atoms with E-state index in [1.165, 1.54) is 5.56 Å². The minimum absolute atomic E-state index is 0.382. The monoisotopic (exact) mass is 219 g/mol. The van der Waals surface area contributed by atoms with Crippen LogP contribution in [0.2, 0.25) is 0 Å². The molecule has 1 N–H and O–H groups in total. The Morgan fingerprint density at radius 1 is 1.31 bits per heavy atom. The Hall–Kier alpha value is -0.860. The van der Waals surface area contributed by atoms with Gasteiger partial charge in [-0.1, -0.05) is 37.3 Å². The third kappa shape index (κ3) is 2.83. The number of ether oxygens (including phenoxy) is 1. The first kappa shape index (κ1) is 11.6. The Morgan fingerprint density at radius 3 is 2.69 bits per heavy atom. The van der Waals surface area contributed by atoms with E-state index >= 15 is 0 Å². The first-order chi connectivity index (χ1) is 7.79. The van der Waals surface area contributed by atoms with E-state index in [0.29, 0.717) is 18.2 Å². The summed E-state index contributed by atoms with van der Waals surface area (Å²) in [6.07, 6.45) is 2.53. The van der Waals surface area contributed by atoms with Gasteiger partial charge in [0.1, 0.15) is 0 Å². The topological polar surface area (TPSA) is 21.3 Å². The zero-order valence-electron chi connectivity index (χ0n) is 10.1. The minimum atomic E-state index is 0.382. The zero-order chi connectivity index (χ0) is 11.4. The van der Waals surface area contributed by atoms with Gasteiger partial charge in [-0.05, 0) is 25.3 Å². The molecule has 3 unspecified atom stereocenters. The fourth-order valence-corrected chi connectivity index (χ4v) is 2.40. The van der Waals surface area contributed by atoms with Crippen molar-refractivity contribution < 1.29 is 4.74 Å². The van der Waals surface area contributed by atoms with Gasteiger partial charge in [-0.15, -0.1) is 0 Å². The summed E-state index contributed by atoms with van der Waals surface area (Å²) in [5.74, 6) is 0. The quantitative estimate of drug-likeness (QED) is 0.842. The van der Waals surface area contributed by atoms with Crippen LogP contribution in [0.4, 0.5) is 0 Å². The van der Waals surface area contributed by atoms with Crippen molar-refractivity contribution in [2.45, 2.75) is 44.9 Å². The molecule has 1 aliphatic rings. The van der Waals surface area contributed by atoms with Crippen LogP contribution in [-0.4, -0.2) is 24.8 Å². The van der Waals surface area contributed by atoms with Crippen LogP contribution >= 0.6 is 0 Å². The second-order valence-corrected chi connectivity index (χ2v) is 4.62. The molecule has 2 rings (SSSR count). The van der Waals surface area contributed by atoms with E-state index in [0.717, 1.165) is 19.4 Å². The fraction of sp³-hybridized carbons (Fsp3) is 0.571. The Bertz CT molecular complexity index is 312. The van der Waals surface area contributed by atoms with E-state index in [1.54, 1.807) is 0 Å². The van der Waals surface area contributed by atoms with Gasteiger partial charge in [-0.25, -0.2) is 0 Å². The van der Waals surface area contributed by atoms with E-state index in [-0.39, 0.29) is 0 Å². The van der Waals surface area contributed by atoms with Crippen LogP contribution in [0.3, 0.4) is 0 Å². The van der Waals surface area contributed by atoms with Crippen LogP contribution in [0.25, 0.3) is 0 Å². The van der Waals surface area contributed by atoms with E-state index in [9.17, 15) is 0 Å². The average Bonchev–Trinajstić information content (AvgIpc) is 2.31. The van der Waals surface area contributed by atoms with Crippen molar-refractivity contribution in [3.05, 3.63) is 35.9 Å². The summed E-state index contributed by atoms with van der Waals surface area (Å²) in [6, 6.07) is 11.5. The number of morpholine rings is 1. The standard InChI is InChI=1S/C14H21NO/c1-3-14-11(2)15-13(10-16-14)9-12-7-5-4-6-8-12/h4-8,11,13-15H,3,9-10H2,1-2H3. The van der Waals surface area contributed by atoms with Crippen LogP contribution in [0.15, 0.2) is 30.3 Å². The number of hydrogen-bond donors (Lipinski definition) is 1. The van der Waals surface area contributed by atoms with Gasteiger partial charge in [0.2, 0.25) is 0 Å². The summed E-state index contributed by atoms with van der Waals surface area (Å²) in [5, 5.41) is 3.64. The molecule has 0 aromatic heterocycles. The summed E-state index contributed by atoms with van der Waals surface area (Å²) >= 11 is 0. The predicted octanol–water partition coefficient (Wildman–Crippen LogP) is 2.38. The van der Waals surface area contributed by atoms with E-state index < -0.39 is 0 Å². The van der Waals surface area contributed by atoms with Crippen molar-refractivity contribution >= 4 is 0 Å². The Balaban J connectivity index is 1.89. The Morgan fingerprint density at radius 2 is 2.06 bits per heavy atom. The molecule has 2 nitrogen and oxygen atoms in total. The lowest BCUT2D eigenvalue weighted by Crippen LogP contribution is -2.53. The normalized spacial score (nSPS) is 30.2. The molecule has 0 radical (unpaired) electrons. The van der Waals surface area contributed by atoms with Gasteiger partial charge in [0.15, 0.2) is 0 Å². The van der Waals surface area contributed by atoms with Gasteiger partial charge in [0.05, 0.1) is 12.7 Å². The highest BCUT2D eigenvalue weighted by molar-refractivity contribution is 5.16. The highest BCUT2D eigenvalue weighted by atomic mass is 16.5. The maximum Gasteiger partial charge on any atom is 0.0723 e. The van der Waals surface area contributed by atoms with Crippen LogP contribution in [0, 0.1) is 0 Å². The molecule has 88 valence electrons. The molecule has 1 heterocycles. The Kier molecular flexibility index (Phi) is 3.97. The van der Waals surface area contributed by atoms with Gasteiger partial charge in [-0.3, -0.25) is 0 Å². The summed E-state index contributed by atoms with van der Waals surface area (Å²) in [5.41, 5.74) is 1.38. The molecular weight excluding hydrogens is 198 g/mol. The molecule has 1 aliphatic heterocycles. The van der Waals surface area contributed by atoms with Gasteiger partial charge in [-0.2, -0.15) is 0 Å².